The fourth-order valence-electron chi connectivity index (χ4n) is 4.00. The van der Waals surface area contributed by atoms with Crippen molar-refractivity contribution in [2.75, 3.05) is 52.8 Å². The van der Waals surface area contributed by atoms with Crippen LogP contribution in [-0.4, -0.2) is 72.9 Å². The van der Waals surface area contributed by atoms with Crippen molar-refractivity contribution in [1.29, 1.82) is 0 Å². The van der Waals surface area contributed by atoms with Crippen molar-refractivity contribution in [2.45, 2.75) is 6.54 Å². The molecule has 2 aromatic carbocycles. The number of urea groups is 1. The van der Waals surface area contributed by atoms with Gasteiger partial charge < -0.3 is 29.0 Å². The van der Waals surface area contributed by atoms with Crippen molar-refractivity contribution in [1.82, 2.24) is 19.4 Å². The predicted molar refractivity (Wildman–Crippen MR) is 123 cm³/mol. The van der Waals surface area contributed by atoms with Crippen LogP contribution in [0.25, 0.3) is 11.0 Å². The van der Waals surface area contributed by atoms with Crippen LogP contribution >= 0.6 is 0 Å². The predicted octanol–water partition coefficient (Wildman–Crippen LogP) is 2.95. The summed E-state index contributed by atoms with van der Waals surface area (Å²) in [5, 5.41) is 2.94. The van der Waals surface area contributed by atoms with Gasteiger partial charge in [-0.25, -0.2) is 9.78 Å². The lowest BCUT2D eigenvalue weighted by atomic mass is 10.2. The number of aryl methyl sites for hydroxylation is 1. The van der Waals surface area contributed by atoms with Crippen LogP contribution < -0.4 is 19.5 Å². The number of ether oxygens (including phenoxy) is 3. The SMILES string of the molecule is COc1cc(NC(=O)N2CCN(Cc3nc4ccccc4n3C)CC2)cc(OC)c1OC. The van der Waals surface area contributed by atoms with Crippen LogP contribution in [0.2, 0.25) is 0 Å². The van der Waals surface area contributed by atoms with E-state index < -0.39 is 0 Å². The van der Waals surface area contributed by atoms with Gasteiger partial charge in [-0.2, -0.15) is 0 Å². The van der Waals surface area contributed by atoms with Crippen LogP contribution in [0.1, 0.15) is 5.82 Å². The zero-order valence-corrected chi connectivity index (χ0v) is 18.9. The lowest BCUT2D eigenvalue weighted by molar-refractivity contribution is 0.140. The second-order valence-electron chi connectivity index (χ2n) is 7.68. The van der Waals surface area contributed by atoms with Crippen molar-refractivity contribution in [3.8, 4) is 17.2 Å². The van der Waals surface area contributed by atoms with Crippen LogP contribution in [0.3, 0.4) is 0 Å². The molecule has 9 nitrogen and oxygen atoms in total. The van der Waals surface area contributed by atoms with Crippen LogP contribution in [0.4, 0.5) is 10.5 Å². The van der Waals surface area contributed by atoms with Gasteiger partial charge in [0.25, 0.3) is 0 Å². The second-order valence-corrected chi connectivity index (χ2v) is 7.68. The summed E-state index contributed by atoms with van der Waals surface area (Å²) in [5.41, 5.74) is 2.73. The lowest BCUT2D eigenvalue weighted by Gasteiger charge is -2.34. The Kier molecular flexibility index (Phi) is 6.36. The quantitative estimate of drug-likeness (QED) is 0.636. The Labute approximate surface area is 187 Å². The number of rotatable bonds is 6. The highest BCUT2D eigenvalue weighted by Crippen LogP contribution is 2.40. The molecule has 4 rings (SSSR count). The maximum Gasteiger partial charge on any atom is 0.321 e. The molecule has 0 saturated carbocycles. The fraction of sp³-hybridized carbons (Fsp3) is 0.391. The van der Waals surface area contributed by atoms with Gasteiger partial charge in [0.15, 0.2) is 11.5 Å². The number of piperazine rings is 1. The summed E-state index contributed by atoms with van der Waals surface area (Å²) < 4.78 is 18.2. The molecule has 2 amide bonds. The lowest BCUT2D eigenvalue weighted by Crippen LogP contribution is -2.49. The van der Waals surface area contributed by atoms with Gasteiger partial charge >= 0.3 is 6.03 Å². The van der Waals surface area contributed by atoms with E-state index in [9.17, 15) is 4.79 Å². The highest BCUT2D eigenvalue weighted by molar-refractivity contribution is 5.90. The van der Waals surface area contributed by atoms with Crippen molar-refractivity contribution < 1.29 is 19.0 Å². The number of benzene rings is 2. The highest BCUT2D eigenvalue weighted by atomic mass is 16.5. The first-order chi connectivity index (χ1) is 15.5. The van der Waals surface area contributed by atoms with Crippen molar-refractivity contribution in [3.05, 3.63) is 42.2 Å². The largest absolute Gasteiger partial charge is 0.493 e. The number of carbonyl (C=O) groups excluding carboxylic acids is 1. The minimum absolute atomic E-state index is 0.151. The van der Waals surface area contributed by atoms with E-state index >= 15 is 0 Å². The maximum absolute atomic E-state index is 12.8. The van der Waals surface area contributed by atoms with Crippen LogP contribution in [0.5, 0.6) is 17.2 Å². The van der Waals surface area contributed by atoms with E-state index in [-0.39, 0.29) is 6.03 Å². The van der Waals surface area contributed by atoms with Gasteiger partial charge in [0.1, 0.15) is 5.82 Å². The Hall–Kier alpha value is -3.46. The molecule has 0 bridgehead atoms. The van der Waals surface area contributed by atoms with E-state index in [0.717, 1.165) is 36.5 Å². The molecule has 170 valence electrons. The van der Waals surface area contributed by atoms with Crippen LogP contribution in [-0.2, 0) is 13.6 Å². The van der Waals surface area contributed by atoms with E-state index in [0.29, 0.717) is 36.0 Å². The molecule has 1 fully saturated rings. The van der Waals surface area contributed by atoms with Crippen molar-refractivity contribution in [3.63, 3.8) is 0 Å². The topological polar surface area (TPSA) is 81.1 Å². The molecule has 9 heteroatoms. The maximum atomic E-state index is 12.8. The molecule has 1 N–H and O–H groups in total. The number of hydrogen-bond donors (Lipinski definition) is 1. The number of amides is 2. The summed E-state index contributed by atoms with van der Waals surface area (Å²) in [6.45, 7) is 3.60. The summed E-state index contributed by atoms with van der Waals surface area (Å²) in [6, 6.07) is 11.4. The average Bonchev–Trinajstić information content (AvgIpc) is 3.14. The minimum Gasteiger partial charge on any atom is -0.493 e. The number of aromatic nitrogens is 2. The van der Waals surface area contributed by atoms with E-state index in [4.69, 9.17) is 19.2 Å². The third kappa shape index (κ3) is 4.29. The molecular formula is C23H29N5O4. The first-order valence-corrected chi connectivity index (χ1v) is 10.5. The van der Waals surface area contributed by atoms with Gasteiger partial charge in [-0.15, -0.1) is 0 Å². The molecule has 3 aromatic rings. The molecule has 32 heavy (non-hydrogen) atoms. The number of methoxy groups -OCH3 is 3. The number of anilines is 1. The van der Waals surface area contributed by atoms with Gasteiger partial charge in [-0.3, -0.25) is 4.90 Å². The third-order valence-corrected chi connectivity index (χ3v) is 5.82. The Balaban J connectivity index is 1.37. The number of nitrogens with one attached hydrogen (secondary N) is 1. The van der Waals surface area contributed by atoms with Gasteiger partial charge in [-0.1, -0.05) is 12.1 Å². The number of fused-ring (bicyclic) bond motifs is 1. The van der Waals surface area contributed by atoms with Gasteiger partial charge in [-0.05, 0) is 12.1 Å². The van der Waals surface area contributed by atoms with E-state index in [1.807, 2.05) is 30.1 Å². The summed E-state index contributed by atoms with van der Waals surface area (Å²) in [4.78, 5) is 21.7. The van der Waals surface area contributed by atoms with Gasteiger partial charge in [0.2, 0.25) is 5.75 Å². The molecule has 0 aliphatic carbocycles. The summed E-state index contributed by atoms with van der Waals surface area (Å²) in [5.74, 6) is 2.51. The smallest absolute Gasteiger partial charge is 0.321 e. The average molecular weight is 440 g/mol. The zero-order valence-electron chi connectivity index (χ0n) is 18.9. The van der Waals surface area contributed by atoms with E-state index in [1.165, 1.54) is 0 Å². The standard InChI is InChI=1S/C23H29N5O4/c1-26-18-8-6-5-7-17(18)25-21(26)15-27-9-11-28(12-10-27)23(29)24-16-13-19(30-2)22(32-4)20(14-16)31-3/h5-8,13-14H,9-12,15H2,1-4H3,(H,24,29). The van der Waals surface area contributed by atoms with Crippen LogP contribution in [0.15, 0.2) is 36.4 Å². The van der Waals surface area contributed by atoms with E-state index in [1.54, 1.807) is 33.5 Å². The van der Waals surface area contributed by atoms with Gasteiger partial charge in [0, 0.05) is 45.4 Å². The summed E-state index contributed by atoms with van der Waals surface area (Å²) in [6.07, 6.45) is 0. The number of carbonyl (C=O) groups is 1. The number of para-hydroxylation sites is 2. The van der Waals surface area contributed by atoms with Crippen LogP contribution in [0, 0.1) is 0 Å². The first kappa shape index (κ1) is 21.8. The zero-order chi connectivity index (χ0) is 22.7. The fourth-order valence-corrected chi connectivity index (χ4v) is 4.00. The first-order valence-electron chi connectivity index (χ1n) is 10.5. The molecule has 0 spiro atoms. The molecule has 0 radical (unpaired) electrons. The molecular weight excluding hydrogens is 410 g/mol. The molecule has 1 saturated heterocycles. The number of hydrogen-bond acceptors (Lipinski definition) is 6. The molecule has 0 unspecified atom stereocenters. The Morgan fingerprint density at radius 2 is 1.66 bits per heavy atom. The normalized spacial score (nSPS) is 14.4. The molecule has 1 aromatic heterocycles. The van der Waals surface area contributed by atoms with Gasteiger partial charge in [0.05, 0.1) is 44.6 Å². The van der Waals surface area contributed by atoms with Crippen molar-refractivity contribution >= 4 is 22.8 Å². The summed E-state index contributed by atoms with van der Waals surface area (Å²) in [7, 11) is 6.69. The Bertz CT molecular complexity index is 1080. The molecule has 1 aliphatic heterocycles. The highest BCUT2D eigenvalue weighted by Gasteiger charge is 2.23. The molecule has 2 heterocycles. The number of imidazole rings is 1. The Morgan fingerprint density at radius 1 is 1.00 bits per heavy atom. The third-order valence-electron chi connectivity index (χ3n) is 5.82. The molecule has 1 aliphatic rings. The summed E-state index contributed by atoms with van der Waals surface area (Å²) >= 11 is 0. The Morgan fingerprint density at radius 3 is 2.25 bits per heavy atom. The number of nitrogens with zero attached hydrogens (tertiary/aromatic N) is 4. The second kappa shape index (κ2) is 9.35. The van der Waals surface area contributed by atoms with Crippen molar-refractivity contribution in [2.24, 2.45) is 7.05 Å². The minimum atomic E-state index is -0.151. The monoisotopic (exact) mass is 439 g/mol. The van der Waals surface area contributed by atoms with E-state index in [2.05, 4.69) is 20.9 Å². The molecule has 0 atom stereocenters.